The smallest absolute Gasteiger partial charge is 0.240 e. The van der Waals surface area contributed by atoms with Gasteiger partial charge in [-0.1, -0.05) is 42.5 Å². The Hall–Kier alpha value is -2.59. The van der Waals surface area contributed by atoms with E-state index in [0.29, 0.717) is 0 Å². The number of aromatic nitrogens is 1. The van der Waals surface area contributed by atoms with Gasteiger partial charge in [0.25, 0.3) is 0 Å². The number of H-pyrrole nitrogens is 1. The van der Waals surface area contributed by atoms with Crippen LogP contribution in [0.2, 0.25) is 0 Å². The average Bonchev–Trinajstić information content (AvgIpc) is 3.07. The number of fused-ring (bicyclic) bond motifs is 1. The number of carbonyl (C=O) groups excluding carboxylic acids is 1. The van der Waals surface area contributed by atoms with Gasteiger partial charge >= 0.3 is 0 Å². The predicted octanol–water partition coefficient (Wildman–Crippen LogP) is 3.06. The molecule has 2 aromatic carbocycles. The van der Waals surface area contributed by atoms with Gasteiger partial charge in [-0.25, -0.2) is 0 Å². The van der Waals surface area contributed by atoms with E-state index in [2.05, 4.69) is 53.6 Å². The molecule has 1 saturated heterocycles. The first-order chi connectivity index (χ1) is 12.7. The van der Waals surface area contributed by atoms with Gasteiger partial charge in [0, 0.05) is 36.7 Å². The molecule has 1 aromatic heterocycles. The fourth-order valence-electron chi connectivity index (χ4n) is 3.84. The van der Waals surface area contributed by atoms with Crippen LogP contribution in [0.1, 0.15) is 16.7 Å². The van der Waals surface area contributed by atoms with E-state index in [-0.39, 0.29) is 11.9 Å². The largest absolute Gasteiger partial charge is 0.361 e. The monoisotopic (exact) mass is 347 g/mol. The van der Waals surface area contributed by atoms with Crippen LogP contribution in [0, 0.1) is 6.92 Å². The van der Waals surface area contributed by atoms with Gasteiger partial charge in [-0.15, -0.1) is 0 Å². The first-order valence-electron chi connectivity index (χ1n) is 9.34. The van der Waals surface area contributed by atoms with Gasteiger partial charge in [0.15, 0.2) is 0 Å². The van der Waals surface area contributed by atoms with E-state index in [4.69, 9.17) is 0 Å². The summed E-state index contributed by atoms with van der Waals surface area (Å²) in [6, 6.07) is 16.5. The van der Waals surface area contributed by atoms with E-state index in [1.807, 2.05) is 23.2 Å². The lowest BCUT2D eigenvalue weighted by molar-refractivity contribution is -0.135. The van der Waals surface area contributed by atoms with Crippen molar-refractivity contribution in [3.63, 3.8) is 0 Å². The number of para-hydroxylation sites is 1. The zero-order valence-electron chi connectivity index (χ0n) is 15.2. The van der Waals surface area contributed by atoms with Gasteiger partial charge in [0.1, 0.15) is 0 Å². The highest BCUT2D eigenvalue weighted by atomic mass is 16.2. The summed E-state index contributed by atoms with van der Waals surface area (Å²) in [5.74, 6) is 0.218. The quantitative estimate of drug-likeness (QED) is 0.745. The highest BCUT2D eigenvalue weighted by molar-refractivity contribution is 5.86. The Balaban J connectivity index is 1.43. The number of piperazine rings is 1. The van der Waals surface area contributed by atoms with Gasteiger partial charge < -0.3 is 15.2 Å². The molecule has 0 aliphatic carbocycles. The summed E-state index contributed by atoms with van der Waals surface area (Å²) < 4.78 is 0. The normalized spacial score (nSPS) is 17.8. The summed E-state index contributed by atoms with van der Waals surface area (Å²) >= 11 is 0. The summed E-state index contributed by atoms with van der Waals surface area (Å²) in [7, 11) is 0. The molecule has 1 atom stereocenters. The number of aromatic amines is 1. The maximum atomic E-state index is 12.9. The van der Waals surface area contributed by atoms with Crippen molar-refractivity contribution in [3.05, 3.63) is 71.4 Å². The third-order valence-electron chi connectivity index (χ3n) is 5.39. The summed E-state index contributed by atoms with van der Waals surface area (Å²) in [5.41, 5.74) is 4.95. The molecule has 0 radical (unpaired) electrons. The number of nitrogens with zero attached hydrogens (tertiary/aromatic N) is 1. The molecule has 4 nitrogen and oxygen atoms in total. The molecule has 0 bridgehead atoms. The number of rotatable bonds is 5. The van der Waals surface area contributed by atoms with Crippen LogP contribution >= 0.6 is 0 Å². The summed E-state index contributed by atoms with van der Waals surface area (Å²) in [4.78, 5) is 18.3. The van der Waals surface area contributed by atoms with Crippen LogP contribution in [-0.4, -0.2) is 41.5 Å². The fraction of sp³-hybridized carbons (Fsp3) is 0.318. The molecule has 1 aliphatic heterocycles. The molecule has 1 fully saturated rings. The van der Waals surface area contributed by atoms with Crippen molar-refractivity contribution in [2.45, 2.75) is 25.8 Å². The zero-order chi connectivity index (χ0) is 17.9. The third-order valence-corrected chi connectivity index (χ3v) is 5.39. The van der Waals surface area contributed by atoms with Gasteiger partial charge in [-0.2, -0.15) is 0 Å². The van der Waals surface area contributed by atoms with Gasteiger partial charge in [-0.05, 0) is 42.5 Å². The molecule has 2 heterocycles. The first-order valence-corrected chi connectivity index (χ1v) is 9.34. The molecule has 0 saturated carbocycles. The van der Waals surface area contributed by atoms with Crippen LogP contribution in [0.15, 0.2) is 54.7 Å². The van der Waals surface area contributed by atoms with Crippen LogP contribution in [0.3, 0.4) is 0 Å². The predicted molar refractivity (Wildman–Crippen MR) is 105 cm³/mol. The number of carbonyl (C=O) groups is 1. The van der Waals surface area contributed by atoms with Crippen LogP contribution in [0.4, 0.5) is 0 Å². The van der Waals surface area contributed by atoms with E-state index in [0.717, 1.165) is 38.0 Å². The Morgan fingerprint density at radius 3 is 2.77 bits per heavy atom. The van der Waals surface area contributed by atoms with Gasteiger partial charge in [-0.3, -0.25) is 4.79 Å². The minimum atomic E-state index is -0.139. The molecular weight excluding hydrogens is 322 g/mol. The van der Waals surface area contributed by atoms with Crippen molar-refractivity contribution in [2.75, 3.05) is 19.6 Å². The average molecular weight is 347 g/mol. The lowest BCUT2D eigenvalue weighted by Crippen LogP contribution is -2.56. The van der Waals surface area contributed by atoms with E-state index >= 15 is 0 Å². The van der Waals surface area contributed by atoms with Crippen molar-refractivity contribution < 1.29 is 4.79 Å². The second-order valence-electron chi connectivity index (χ2n) is 7.07. The first kappa shape index (κ1) is 16.9. The Labute approximate surface area is 154 Å². The van der Waals surface area contributed by atoms with Crippen molar-refractivity contribution in [1.82, 2.24) is 15.2 Å². The molecule has 0 unspecified atom stereocenters. The molecule has 134 valence electrons. The standard InChI is InChI=1S/C22H25N3O/c1-16-6-2-3-7-17(16)10-12-25-13-11-23-21(22(25)26)14-18-15-24-20-9-5-4-8-19(18)20/h2-9,15,21,23-24H,10-14H2,1H3/t21-/m0/s1. The number of hydrogen-bond acceptors (Lipinski definition) is 2. The molecule has 0 spiro atoms. The molecule has 1 amide bonds. The van der Waals surface area contributed by atoms with E-state index in [9.17, 15) is 4.79 Å². The minimum absolute atomic E-state index is 0.139. The summed E-state index contributed by atoms with van der Waals surface area (Å²) in [6.45, 7) is 4.56. The molecule has 1 aliphatic rings. The second-order valence-corrected chi connectivity index (χ2v) is 7.07. The minimum Gasteiger partial charge on any atom is -0.361 e. The van der Waals surface area contributed by atoms with E-state index in [1.54, 1.807) is 0 Å². The SMILES string of the molecule is Cc1ccccc1CCN1CCN[C@@H](Cc2c[nH]c3ccccc23)C1=O. The van der Waals surface area contributed by atoms with Crippen LogP contribution in [-0.2, 0) is 17.6 Å². The topological polar surface area (TPSA) is 48.1 Å². The van der Waals surface area contributed by atoms with Crippen molar-refractivity contribution in [2.24, 2.45) is 0 Å². The van der Waals surface area contributed by atoms with Crippen LogP contribution in [0.25, 0.3) is 10.9 Å². The number of benzene rings is 2. The highest BCUT2D eigenvalue weighted by Gasteiger charge is 2.28. The summed E-state index contributed by atoms with van der Waals surface area (Å²) in [6.07, 6.45) is 3.67. The Kier molecular flexibility index (Phi) is 4.76. The van der Waals surface area contributed by atoms with E-state index in [1.165, 1.54) is 22.1 Å². The maximum Gasteiger partial charge on any atom is 0.240 e. The van der Waals surface area contributed by atoms with Crippen LogP contribution in [0.5, 0.6) is 0 Å². The zero-order valence-corrected chi connectivity index (χ0v) is 15.2. The summed E-state index contributed by atoms with van der Waals surface area (Å²) in [5, 5.41) is 4.61. The third kappa shape index (κ3) is 3.37. The number of amides is 1. The Morgan fingerprint density at radius 2 is 1.88 bits per heavy atom. The fourth-order valence-corrected chi connectivity index (χ4v) is 3.84. The van der Waals surface area contributed by atoms with Crippen LogP contribution < -0.4 is 5.32 Å². The van der Waals surface area contributed by atoms with Gasteiger partial charge in [0.2, 0.25) is 5.91 Å². The molecule has 26 heavy (non-hydrogen) atoms. The van der Waals surface area contributed by atoms with Crippen molar-refractivity contribution in [1.29, 1.82) is 0 Å². The molecule has 4 rings (SSSR count). The maximum absolute atomic E-state index is 12.9. The number of nitrogens with one attached hydrogen (secondary N) is 2. The molecule has 2 N–H and O–H groups in total. The van der Waals surface area contributed by atoms with Crippen molar-refractivity contribution in [3.8, 4) is 0 Å². The Bertz CT molecular complexity index is 914. The molecule has 4 heteroatoms. The molecular formula is C22H25N3O. The van der Waals surface area contributed by atoms with E-state index < -0.39 is 0 Å². The number of hydrogen-bond donors (Lipinski definition) is 2. The second kappa shape index (κ2) is 7.34. The number of aryl methyl sites for hydroxylation is 1. The highest BCUT2D eigenvalue weighted by Crippen LogP contribution is 2.20. The molecule has 3 aromatic rings. The Morgan fingerprint density at radius 1 is 1.08 bits per heavy atom. The lowest BCUT2D eigenvalue weighted by Gasteiger charge is -2.33. The lowest BCUT2D eigenvalue weighted by atomic mass is 10.0. The van der Waals surface area contributed by atoms with Gasteiger partial charge in [0.05, 0.1) is 6.04 Å². The van der Waals surface area contributed by atoms with Crippen molar-refractivity contribution >= 4 is 16.8 Å².